The maximum Gasteiger partial charge on any atom is 0.257 e. The molecule has 1 N–H and O–H groups in total. The maximum absolute atomic E-state index is 4.62. The second kappa shape index (κ2) is 4.98. The molecule has 3 heterocycles. The number of nitrogens with one attached hydrogen (secondary N) is 1. The normalized spacial score (nSPS) is 23.8. The van der Waals surface area contributed by atoms with Gasteiger partial charge < -0.3 is 10.2 Å². The number of piperidine rings is 1. The summed E-state index contributed by atoms with van der Waals surface area (Å²) in [5.41, 5.74) is 0. The standard InChI is InChI=1S/C14H19N7/c1-2-15-12-17-13(20-9-10-4-5-11(20)8-10)19-14(18-12)21-7-3-6-16-21/h3,6-7,10-11H,2,4-5,8-9H2,1H3,(H,15,17,18,19). The topological polar surface area (TPSA) is 71.8 Å². The Hall–Kier alpha value is -2.18. The smallest absolute Gasteiger partial charge is 0.257 e. The Morgan fingerprint density at radius 2 is 2.14 bits per heavy atom. The van der Waals surface area contributed by atoms with E-state index in [1.807, 2.05) is 19.2 Å². The van der Waals surface area contributed by atoms with E-state index in [1.165, 1.54) is 19.3 Å². The highest BCUT2D eigenvalue weighted by molar-refractivity contribution is 5.42. The molecule has 7 nitrogen and oxygen atoms in total. The molecule has 1 saturated heterocycles. The largest absolute Gasteiger partial charge is 0.354 e. The van der Waals surface area contributed by atoms with Crippen molar-refractivity contribution in [2.45, 2.75) is 32.2 Å². The van der Waals surface area contributed by atoms with E-state index < -0.39 is 0 Å². The molecule has 2 aromatic heterocycles. The molecule has 4 rings (SSSR count). The first-order chi connectivity index (χ1) is 10.3. The van der Waals surface area contributed by atoms with Gasteiger partial charge in [0.15, 0.2) is 0 Å². The van der Waals surface area contributed by atoms with Gasteiger partial charge in [-0.2, -0.15) is 20.1 Å². The fraction of sp³-hybridized carbons (Fsp3) is 0.571. The van der Waals surface area contributed by atoms with E-state index in [0.717, 1.165) is 25.0 Å². The van der Waals surface area contributed by atoms with Gasteiger partial charge in [0.05, 0.1) is 0 Å². The summed E-state index contributed by atoms with van der Waals surface area (Å²) in [5.74, 6) is 2.78. The van der Waals surface area contributed by atoms with Crippen molar-refractivity contribution in [1.29, 1.82) is 0 Å². The van der Waals surface area contributed by atoms with Crippen LogP contribution in [-0.4, -0.2) is 43.9 Å². The van der Waals surface area contributed by atoms with Crippen molar-refractivity contribution in [2.24, 2.45) is 5.92 Å². The molecular formula is C14H19N7. The van der Waals surface area contributed by atoms with Crippen molar-refractivity contribution in [3.8, 4) is 5.95 Å². The second-order valence-electron chi connectivity index (χ2n) is 5.73. The highest BCUT2D eigenvalue weighted by atomic mass is 15.4. The third-order valence-corrected chi connectivity index (χ3v) is 4.32. The molecule has 0 amide bonds. The SMILES string of the molecule is CCNc1nc(N2CC3CCC2C3)nc(-n2cccn2)n1. The summed E-state index contributed by atoms with van der Waals surface area (Å²) >= 11 is 0. The molecule has 2 unspecified atom stereocenters. The van der Waals surface area contributed by atoms with Crippen molar-refractivity contribution < 1.29 is 0 Å². The molecule has 2 aromatic rings. The zero-order valence-corrected chi connectivity index (χ0v) is 12.1. The third kappa shape index (κ3) is 2.22. The number of nitrogens with zero attached hydrogens (tertiary/aromatic N) is 6. The molecule has 1 aliphatic carbocycles. The Labute approximate surface area is 123 Å². The monoisotopic (exact) mass is 285 g/mol. The van der Waals surface area contributed by atoms with Gasteiger partial charge in [0, 0.05) is 31.5 Å². The molecule has 0 spiro atoms. The van der Waals surface area contributed by atoms with Gasteiger partial charge in [-0.1, -0.05) is 0 Å². The van der Waals surface area contributed by atoms with Crippen LogP contribution < -0.4 is 10.2 Å². The molecule has 0 radical (unpaired) electrons. The summed E-state index contributed by atoms with van der Waals surface area (Å²) in [5, 5.41) is 7.41. The Morgan fingerprint density at radius 1 is 1.24 bits per heavy atom. The Morgan fingerprint density at radius 3 is 2.81 bits per heavy atom. The van der Waals surface area contributed by atoms with Crippen molar-refractivity contribution >= 4 is 11.9 Å². The van der Waals surface area contributed by atoms with E-state index in [0.29, 0.717) is 17.9 Å². The van der Waals surface area contributed by atoms with E-state index in [1.54, 1.807) is 10.9 Å². The predicted octanol–water partition coefficient (Wildman–Crippen LogP) is 1.48. The van der Waals surface area contributed by atoms with Crippen LogP contribution in [0.1, 0.15) is 26.2 Å². The first-order valence-corrected chi connectivity index (χ1v) is 7.60. The van der Waals surface area contributed by atoms with Crippen LogP contribution in [0.5, 0.6) is 0 Å². The summed E-state index contributed by atoms with van der Waals surface area (Å²) in [6.07, 6.45) is 7.46. The van der Waals surface area contributed by atoms with Crippen LogP contribution >= 0.6 is 0 Å². The first kappa shape index (κ1) is 12.6. The highest BCUT2D eigenvalue weighted by Gasteiger charge is 2.39. The van der Waals surface area contributed by atoms with Crippen molar-refractivity contribution in [2.75, 3.05) is 23.3 Å². The summed E-state index contributed by atoms with van der Waals surface area (Å²) in [6, 6.07) is 2.46. The van der Waals surface area contributed by atoms with Crippen LogP contribution in [0.25, 0.3) is 5.95 Å². The number of anilines is 2. The van der Waals surface area contributed by atoms with Crippen LogP contribution in [0, 0.1) is 5.92 Å². The minimum absolute atomic E-state index is 0.573. The molecular weight excluding hydrogens is 266 g/mol. The number of hydrogen-bond acceptors (Lipinski definition) is 6. The van der Waals surface area contributed by atoms with Crippen LogP contribution in [0.4, 0.5) is 11.9 Å². The van der Waals surface area contributed by atoms with E-state index in [9.17, 15) is 0 Å². The molecule has 7 heteroatoms. The number of aromatic nitrogens is 5. The van der Waals surface area contributed by atoms with E-state index in [-0.39, 0.29) is 0 Å². The Kier molecular flexibility index (Phi) is 2.98. The fourth-order valence-corrected chi connectivity index (χ4v) is 3.38. The van der Waals surface area contributed by atoms with E-state index in [2.05, 4.69) is 30.3 Å². The highest BCUT2D eigenvalue weighted by Crippen LogP contribution is 2.39. The lowest BCUT2D eigenvalue weighted by Crippen LogP contribution is -2.34. The lowest BCUT2D eigenvalue weighted by atomic mass is 10.1. The van der Waals surface area contributed by atoms with E-state index >= 15 is 0 Å². The molecule has 2 aliphatic rings. The zero-order valence-electron chi connectivity index (χ0n) is 12.1. The lowest BCUT2D eigenvalue weighted by Gasteiger charge is -2.27. The van der Waals surface area contributed by atoms with Crippen molar-refractivity contribution in [3.63, 3.8) is 0 Å². The third-order valence-electron chi connectivity index (χ3n) is 4.32. The van der Waals surface area contributed by atoms with Gasteiger partial charge in [0.2, 0.25) is 11.9 Å². The fourth-order valence-electron chi connectivity index (χ4n) is 3.38. The van der Waals surface area contributed by atoms with Crippen LogP contribution in [0.3, 0.4) is 0 Å². The quantitative estimate of drug-likeness (QED) is 0.917. The summed E-state index contributed by atoms with van der Waals surface area (Å²) in [4.78, 5) is 16.0. The maximum atomic E-state index is 4.62. The summed E-state index contributed by atoms with van der Waals surface area (Å²) in [6.45, 7) is 3.89. The zero-order chi connectivity index (χ0) is 14.2. The molecule has 110 valence electrons. The average Bonchev–Trinajstić information content (AvgIpc) is 3.24. The number of fused-ring (bicyclic) bond motifs is 2. The van der Waals surface area contributed by atoms with Gasteiger partial charge in [-0.15, -0.1) is 0 Å². The minimum Gasteiger partial charge on any atom is -0.354 e. The molecule has 2 fully saturated rings. The second-order valence-corrected chi connectivity index (χ2v) is 5.73. The number of hydrogen-bond donors (Lipinski definition) is 1. The molecule has 1 aliphatic heterocycles. The van der Waals surface area contributed by atoms with Crippen LogP contribution in [0.2, 0.25) is 0 Å². The molecule has 2 bridgehead atoms. The van der Waals surface area contributed by atoms with Gasteiger partial charge in [0.25, 0.3) is 5.95 Å². The summed E-state index contributed by atoms with van der Waals surface area (Å²) in [7, 11) is 0. The van der Waals surface area contributed by atoms with Crippen LogP contribution in [-0.2, 0) is 0 Å². The van der Waals surface area contributed by atoms with Gasteiger partial charge in [-0.3, -0.25) is 0 Å². The van der Waals surface area contributed by atoms with Gasteiger partial charge in [-0.05, 0) is 38.2 Å². The van der Waals surface area contributed by atoms with Crippen molar-refractivity contribution in [1.82, 2.24) is 24.7 Å². The number of rotatable bonds is 4. The van der Waals surface area contributed by atoms with E-state index in [4.69, 9.17) is 0 Å². The first-order valence-electron chi connectivity index (χ1n) is 7.60. The van der Waals surface area contributed by atoms with Crippen LogP contribution in [0.15, 0.2) is 18.5 Å². The molecule has 21 heavy (non-hydrogen) atoms. The molecule has 1 saturated carbocycles. The molecule has 2 atom stereocenters. The van der Waals surface area contributed by atoms with Crippen molar-refractivity contribution in [3.05, 3.63) is 18.5 Å². The van der Waals surface area contributed by atoms with Gasteiger partial charge >= 0.3 is 0 Å². The van der Waals surface area contributed by atoms with Gasteiger partial charge in [-0.25, -0.2) is 4.68 Å². The lowest BCUT2D eigenvalue weighted by molar-refractivity contribution is 0.545. The Balaban J connectivity index is 1.72. The molecule has 0 aromatic carbocycles. The van der Waals surface area contributed by atoms with Gasteiger partial charge in [0.1, 0.15) is 0 Å². The predicted molar refractivity (Wildman–Crippen MR) is 79.6 cm³/mol. The average molecular weight is 285 g/mol. The Bertz CT molecular complexity index is 624. The minimum atomic E-state index is 0.573. The summed E-state index contributed by atoms with van der Waals surface area (Å²) < 4.78 is 1.68.